The van der Waals surface area contributed by atoms with Gasteiger partial charge in [0.25, 0.3) is 5.24 Å². The summed E-state index contributed by atoms with van der Waals surface area (Å²) in [7, 11) is 0. The number of hydrogen-bond donors (Lipinski definition) is 0. The summed E-state index contributed by atoms with van der Waals surface area (Å²) in [4.78, 5) is 23.6. The Kier molecular flexibility index (Phi) is 4.32. The van der Waals surface area contributed by atoms with Crippen LogP contribution in [-0.2, 0) is 0 Å². The first-order chi connectivity index (χ1) is 8.13. The van der Waals surface area contributed by atoms with Crippen molar-refractivity contribution in [2.75, 3.05) is 0 Å². The van der Waals surface area contributed by atoms with Gasteiger partial charge in [0.1, 0.15) is 5.56 Å². The summed E-state index contributed by atoms with van der Waals surface area (Å²) < 4.78 is 39.1. The van der Waals surface area contributed by atoms with Gasteiger partial charge in [0.05, 0.1) is 3.57 Å². The summed E-state index contributed by atoms with van der Waals surface area (Å²) in [5.74, 6) is -1.77. The molecule has 0 aliphatic rings. The van der Waals surface area contributed by atoms with Crippen molar-refractivity contribution in [3.05, 3.63) is 25.4 Å². The molecule has 0 spiro atoms. The van der Waals surface area contributed by atoms with Crippen molar-refractivity contribution < 1.29 is 27.6 Å². The summed E-state index contributed by atoms with van der Waals surface area (Å²) in [6.07, 6.45) is -4.51. The minimum atomic E-state index is -5.01. The van der Waals surface area contributed by atoms with Crippen LogP contribution in [0.2, 0.25) is 0 Å². The molecule has 0 fully saturated rings. The molecule has 0 amide bonds. The van der Waals surface area contributed by atoms with E-state index in [-0.39, 0.29) is 0 Å². The summed E-state index contributed by atoms with van der Waals surface area (Å²) in [5, 5.41) is 9.24. The first-order valence-corrected chi connectivity index (χ1v) is 5.37. The first kappa shape index (κ1) is 14.9. The SMILES string of the molecule is O=C(Cl)c1c([N+](=O)[O-])ncc(OC(F)(F)F)c1I. The van der Waals surface area contributed by atoms with Crippen molar-refractivity contribution in [2.45, 2.75) is 6.36 Å². The van der Waals surface area contributed by atoms with E-state index in [1.807, 2.05) is 0 Å². The summed E-state index contributed by atoms with van der Waals surface area (Å²) in [6, 6.07) is 0. The molecule has 0 bridgehead atoms. The number of hydrogen-bond acceptors (Lipinski definition) is 5. The zero-order chi connectivity index (χ0) is 14.1. The fraction of sp³-hybridized carbons (Fsp3) is 0.143. The van der Waals surface area contributed by atoms with E-state index in [0.717, 1.165) is 0 Å². The number of carbonyl (C=O) groups excluding carboxylic acids is 1. The first-order valence-electron chi connectivity index (χ1n) is 3.92. The Bertz CT molecular complexity index is 522. The standard InChI is InChI=1S/C7HClF3IN2O4/c8-5(15)3-4(12)2(18-7(9,10)11)1-13-6(3)14(16)17/h1H. The Morgan fingerprint density at radius 1 is 1.56 bits per heavy atom. The number of aromatic nitrogens is 1. The topological polar surface area (TPSA) is 82.3 Å². The van der Waals surface area contributed by atoms with E-state index in [9.17, 15) is 28.1 Å². The Morgan fingerprint density at radius 3 is 2.50 bits per heavy atom. The molecule has 1 heterocycles. The van der Waals surface area contributed by atoms with E-state index in [1.165, 1.54) is 22.6 Å². The third-order valence-corrected chi connectivity index (χ3v) is 2.82. The van der Waals surface area contributed by atoms with Crippen LogP contribution < -0.4 is 4.74 Å². The van der Waals surface area contributed by atoms with Crippen molar-refractivity contribution in [1.29, 1.82) is 0 Å². The van der Waals surface area contributed by atoms with Gasteiger partial charge in [0.15, 0.2) is 11.9 Å². The van der Waals surface area contributed by atoms with Crippen molar-refractivity contribution in [3.8, 4) is 5.75 Å². The zero-order valence-corrected chi connectivity index (χ0v) is 10.9. The number of pyridine rings is 1. The van der Waals surface area contributed by atoms with Crippen LogP contribution in [0.15, 0.2) is 6.20 Å². The molecule has 0 atom stereocenters. The highest BCUT2D eigenvalue weighted by atomic mass is 127. The Hall–Kier alpha value is -1.17. The molecule has 18 heavy (non-hydrogen) atoms. The fourth-order valence-electron chi connectivity index (χ4n) is 0.971. The van der Waals surface area contributed by atoms with Gasteiger partial charge in [-0.2, -0.15) is 0 Å². The van der Waals surface area contributed by atoms with E-state index >= 15 is 0 Å². The maximum Gasteiger partial charge on any atom is 0.573 e. The van der Waals surface area contributed by atoms with E-state index < -0.39 is 37.2 Å². The van der Waals surface area contributed by atoms with Gasteiger partial charge < -0.3 is 14.9 Å². The number of alkyl halides is 3. The van der Waals surface area contributed by atoms with Gasteiger partial charge in [-0.3, -0.25) is 4.79 Å². The highest BCUT2D eigenvalue weighted by Crippen LogP contribution is 2.33. The molecule has 6 nitrogen and oxygen atoms in total. The lowest BCUT2D eigenvalue weighted by molar-refractivity contribution is -0.389. The highest BCUT2D eigenvalue weighted by molar-refractivity contribution is 14.1. The summed E-state index contributed by atoms with van der Waals surface area (Å²) in [6.45, 7) is 0. The molecule has 0 aliphatic carbocycles. The smallest absolute Gasteiger partial charge is 0.401 e. The molecule has 98 valence electrons. The number of halogens is 5. The van der Waals surface area contributed by atoms with Crippen LogP contribution >= 0.6 is 34.2 Å². The second kappa shape index (κ2) is 5.22. The Balaban J connectivity index is 3.40. The van der Waals surface area contributed by atoms with E-state index in [4.69, 9.17) is 11.6 Å². The van der Waals surface area contributed by atoms with Crippen LogP contribution in [-0.4, -0.2) is 21.5 Å². The van der Waals surface area contributed by atoms with Gasteiger partial charge >= 0.3 is 12.2 Å². The predicted molar refractivity (Wildman–Crippen MR) is 60.5 cm³/mol. The average Bonchev–Trinajstić information content (AvgIpc) is 2.17. The molecule has 0 aromatic carbocycles. The Labute approximate surface area is 115 Å². The van der Waals surface area contributed by atoms with Gasteiger partial charge in [0.2, 0.25) is 0 Å². The Morgan fingerprint density at radius 2 is 2.11 bits per heavy atom. The van der Waals surface area contributed by atoms with Crippen LogP contribution in [0.25, 0.3) is 0 Å². The van der Waals surface area contributed by atoms with Crippen LogP contribution in [0, 0.1) is 13.7 Å². The van der Waals surface area contributed by atoms with Gasteiger partial charge in [-0.1, -0.05) is 0 Å². The molecule has 1 aromatic rings. The molecule has 1 rings (SSSR count). The minimum Gasteiger partial charge on any atom is -0.401 e. The molecule has 0 saturated heterocycles. The average molecular weight is 396 g/mol. The maximum absolute atomic E-state index is 12.0. The highest BCUT2D eigenvalue weighted by Gasteiger charge is 2.35. The van der Waals surface area contributed by atoms with Crippen molar-refractivity contribution in [1.82, 2.24) is 4.98 Å². The van der Waals surface area contributed by atoms with Gasteiger partial charge in [0, 0.05) is 0 Å². The summed E-state index contributed by atoms with van der Waals surface area (Å²) >= 11 is 6.36. The van der Waals surface area contributed by atoms with Gasteiger partial charge in [-0.25, -0.2) is 0 Å². The normalized spacial score (nSPS) is 11.2. The molecule has 0 radical (unpaired) electrons. The number of nitro groups is 1. The second-order valence-corrected chi connectivity index (χ2v) is 4.14. The lowest BCUT2D eigenvalue weighted by Crippen LogP contribution is -2.19. The van der Waals surface area contributed by atoms with Crippen molar-refractivity contribution in [2.24, 2.45) is 0 Å². The number of carbonyl (C=O) groups is 1. The molecule has 11 heteroatoms. The zero-order valence-electron chi connectivity index (χ0n) is 7.99. The third-order valence-electron chi connectivity index (χ3n) is 1.56. The molecule has 1 aromatic heterocycles. The van der Waals surface area contributed by atoms with Crippen LogP contribution in [0.4, 0.5) is 19.0 Å². The number of nitrogens with zero attached hydrogens (tertiary/aromatic N) is 2. The van der Waals surface area contributed by atoms with Gasteiger partial charge in [-0.15, -0.1) is 13.2 Å². The summed E-state index contributed by atoms with van der Waals surface area (Å²) in [5.41, 5.74) is -0.746. The number of rotatable bonds is 3. The lowest BCUT2D eigenvalue weighted by atomic mass is 10.2. The van der Waals surface area contributed by atoms with Crippen molar-refractivity contribution >= 4 is 45.3 Å². The molecule has 0 N–H and O–H groups in total. The second-order valence-electron chi connectivity index (χ2n) is 2.71. The molecule has 0 aliphatic heterocycles. The maximum atomic E-state index is 12.0. The van der Waals surface area contributed by atoms with Crippen LogP contribution in [0.5, 0.6) is 5.75 Å². The third kappa shape index (κ3) is 3.41. The molecular formula is C7HClF3IN2O4. The quantitative estimate of drug-likeness (QED) is 0.340. The van der Waals surface area contributed by atoms with E-state index in [1.54, 1.807) is 0 Å². The van der Waals surface area contributed by atoms with E-state index in [0.29, 0.717) is 6.20 Å². The molecular weight excluding hydrogens is 395 g/mol. The van der Waals surface area contributed by atoms with Crippen LogP contribution in [0.1, 0.15) is 10.4 Å². The van der Waals surface area contributed by atoms with E-state index in [2.05, 4.69) is 9.72 Å². The van der Waals surface area contributed by atoms with Crippen LogP contribution in [0.3, 0.4) is 0 Å². The van der Waals surface area contributed by atoms with Crippen molar-refractivity contribution in [3.63, 3.8) is 0 Å². The monoisotopic (exact) mass is 396 g/mol. The fourth-order valence-corrected chi connectivity index (χ4v) is 2.04. The molecule has 0 unspecified atom stereocenters. The molecule has 0 saturated carbocycles. The number of ether oxygens (including phenoxy) is 1. The lowest BCUT2D eigenvalue weighted by Gasteiger charge is -2.10. The predicted octanol–water partition coefficient (Wildman–Crippen LogP) is 2.87. The largest absolute Gasteiger partial charge is 0.573 e. The minimum absolute atomic E-state index is 0.438. The van der Waals surface area contributed by atoms with Gasteiger partial charge in [-0.05, 0) is 44.1 Å².